The Hall–Kier alpha value is -3.48. The largest absolute Gasteiger partial charge is 0.463 e. The number of carbonyl (C=O) groups is 4. The number of H-pyrrole nitrogens is 1. The maximum Gasteiger partial charge on any atom is 0.346 e. The molecule has 0 spiro atoms. The second-order valence-corrected chi connectivity index (χ2v) is 6.55. The number of rotatable bonds is 7. The molecule has 0 aromatic carbocycles. The zero-order valence-corrected chi connectivity index (χ0v) is 17.3. The number of aromatic amines is 1. The molecule has 2 rings (SSSR count). The summed E-state index contributed by atoms with van der Waals surface area (Å²) in [6.07, 6.45) is -4.94. The quantitative estimate of drug-likeness (QED) is 0.402. The van der Waals surface area contributed by atoms with Gasteiger partial charge in [0, 0.05) is 33.9 Å². The first kappa shape index (κ1) is 23.8. The van der Waals surface area contributed by atoms with E-state index in [-0.39, 0.29) is 12.4 Å². The third-order valence-electron chi connectivity index (χ3n) is 3.96. The molecule has 0 aliphatic carbocycles. The van der Waals surface area contributed by atoms with Gasteiger partial charge in [0.15, 0.2) is 24.5 Å². The lowest BCUT2D eigenvalue weighted by Crippen LogP contribution is -2.64. The van der Waals surface area contributed by atoms with Gasteiger partial charge in [-0.1, -0.05) is 0 Å². The van der Waals surface area contributed by atoms with Crippen molar-refractivity contribution in [1.82, 2.24) is 9.97 Å². The number of anilines is 1. The predicted octanol–water partition coefficient (Wildman–Crippen LogP) is -0.735. The monoisotopic (exact) mass is 441 g/mol. The second kappa shape index (κ2) is 10.5. The Balaban J connectivity index is 2.45. The fraction of sp³-hybridized carbons (Fsp3) is 0.556. The number of carbonyl (C=O) groups excluding carboxylic acids is 4. The second-order valence-electron chi connectivity index (χ2n) is 6.55. The smallest absolute Gasteiger partial charge is 0.346 e. The summed E-state index contributed by atoms with van der Waals surface area (Å²) in [5.41, 5.74) is -0.657. The summed E-state index contributed by atoms with van der Waals surface area (Å²) in [6, 6.07) is 1.41. The average Bonchev–Trinajstić information content (AvgIpc) is 2.64. The number of nitrogens with one attached hydrogen (secondary N) is 2. The van der Waals surface area contributed by atoms with Gasteiger partial charge in [-0.25, -0.2) is 9.78 Å². The van der Waals surface area contributed by atoms with Crippen molar-refractivity contribution in [1.29, 1.82) is 0 Å². The van der Waals surface area contributed by atoms with Crippen LogP contribution in [0.2, 0.25) is 0 Å². The molecule has 13 heteroatoms. The Kier molecular flexibility index (Phi) is 8.07. The lowest BCUT2D eigenvalue weighted by molar-refractivity contribution is -0.247. The molecule has 0 bridgehead atoms. The SMILES string of the molecule is CC(=O)OC[C@H]1O[C@@H](Nc2ccnc(=O)[nH]2)[C@H](OC(C)=O)[C@@H](OC(C)=O)[C@H]1OC(C)=O. The Morgan fingerprint density at radius 3 is 2.10 bits per heavy atom. The minimum atomic E-state index is -1.31. The van der Waals surface area contributed by atoms with Crippen molar-refractivity contribution in [2.45, 2.75) is 58.3 Å². The number of aromatic nitrogens is 2. The van der Waals surface area contributed by atoms with Gasteiger partial charge in [-0.2, -0.15) is 0 Å². The molecule has 2 N–H and O–H groups in total. The first-order valence-electron chi connectivity index (χ1n) is 9.19. The Bertz CT molecular complexity index is 885. The molecule has 1 aliphatic heterocycles. The average molecular weight is 441 g/mol. The van der Waals surface area contributed by atoms with E-state index in [1.54, 1.807) is 0 Å². The first-order valence-corrected chi connectivity index (χ1v) is 9.19. The van der Waals surface area contributed by atoms with Crippen LogP contribution in [-0.2, 0) is 42.9 Å². The molecule has 0 saturated carbocycles. The predicted molar refractivity (Wildman–Crippen MR) is 100 cm³/mol. The van der Waals surface area contributed by atoms with E-state index in [1.165, 1.54) is 19.2 Å². The van der Waals surface area contributed by atoms with Gasteiger partial charge in [0.2, 0.25) is 0 Å². The van der Waals surface area contributed by atoms with Crippen LogP contribution in [0.15, 0.2) is 17.1 Å². The molecular formula is C18H23N3O10. The maximum atomic E-state index is 11.8. The standard InChI is InChI=1S/C18H23N3O10/c1-8(22)27-7-12-14(28-9(2)23)15(29-10(3)24)16(30-11(4)25)17(31-12)20-13-5-6-19-18(26)21-13/h5-6,12,14-17H,7H2,1-4H3,(H2,19,20,21,26)/t12-,14+,15+,16-,17-/m1/s1. The number of nitrogens with zero attached hydrogens (tertiary/aromatic N) is 1. The van der Waals surface area contributed by atoms with Crippen molar-refractivity contribution < 1.29 is 42.9 Å². The minimum absolute atomic E-state index is 0.154. The number of hydrogen-bond donors (Lipinski definition) is 2. The van der Waals surface area contributed by atoms with Crippen molar-refractivity contribution in [3.63, 3.8) is 0 Å². The molecule has 0 amide bonds. The van der Waals surface area contributed by atoms with Crippen LogP contribution in [0.1, 0.15) is 27.7 Å². The van der Waals surface area contributed by atoms with Gasteiger partial charge in [0.1, 0.15) is 18.5 Å². The Labute approximate surface area is 176 Å². The van der Waals surface area contributed by atoms with Gasteiger partial charge >= 0.3 is 29.6 Å². The minimum Gasteiger partial charge on any atom is -0.463 e. The van der Waals surface area contributed by atoms with Crippen LogP contribution in [0.3, 0.4) is 0 Å². The highest BCUT2D eigenvalue weighted by Crippen LogP contribution is 2.29. The molecule has 31 heavy (non-hydrogen) atoms. The molecular weight excluding hydrogens is 418 g/mol. The normalized spacial score (nSPS) is 25.1. The summed E-state index contributed by atoms with van der Waals surface area (Å²) in [7, 11) is 0. The zero-order chi connectivity index (χ0) is 23.1. The molecule has 5 atom stereocenters. The van der Waals surface area contributed by atoms with E-state index >= 15 is 0 Å². The topological polar surface area (TPSA) is 172 Å². The molecule has 2 heterocycles. The van der Waals surface area contributed by atoms with Gasteiger partial charge in [-0.3, -0.25) is 24.2 Å². The fourth-order valence-corrected chi connectivity index (χ4v) is 2.95. The molecule has 13 nitrogen and oxygen atoms in total. The van der Waals surface area contributed by atoms with Crippen LogP contribution in [0, 0.1) is 0 Å². The molecule has 1 saturated heterocycles. The molecule has 0 unspecified atom stereocenters. The molecule has 1 fully saturated rings. The molecule has 1 aromatic heterocycles. The van der Waals surface area contributed by atoms with Crippen molar-refractivity contribution in [3.05, 3.63) is 22.7 Å². The van der Waals surface area contributed by atoms with E-state index in [4.69, 9.17) is 23.7 Å². The molecule has 170 valence electrons. The van der Waals surface area contributed by atoms with Crippen molar-refractivity contribution in [3.8, 4) is 0 Å². The third kappa shape index (κ3) is 7.06. The lowest BCUT2D eigenvalue weighted by Gasteiger charge is -2.44. The van der Waals surface area contributed by atoms with Crippen LogP contribution in [0.25, 0.3) is 0 Å². The van der Waals surface area contributed by atoms with Crippen LogP contribution in [0.4, 0.5) is 5.82 Å². The summed E-state index contributed by atoms with van der Waals surface area (Å²) in [5, 5.41) is 2.80. The Morgan fingerprint density at radius 1 is 0.968 bits per heavy atom. The van der Waals surface area contributed by atoms with Crippen LogP contribution in [0.5, 0.6) is 0 Å². The van der Waals surface area contributed by atoms with Gasteiger partial charge in [0.05, 0.1) is 0 Å². The summed E-state index contributed by atoms with van der Waals surface area (Å²) >= 11 is 0. The van der Waals surface area contributed by atoms with E-state index in [1.807, 2.05) is 0 Å². The third-order valence-corrected chi connectivity index (χ3v) is 3.96. The van der Waals surface area contributed by atoms with E-state index in [2.05, 4.69) is 15.3 Å². The van der Waals surface area contributed by atoms with Crippen molar-refractivity contribution in [2.24, 2.45) is 0 Å². The van der Waals surface area contributed by atoms with Gasteiger partial charge < -0.3 is 29.0 Å². The van der Waals surface area contributed by atoms with Gasteiger partial charge in [0.25, 0.3) is 0 Å². The molecule has 1 aliphatic rings. The maximum absolute atomic E-state index is 11.8. The highest BCUT2D eigenvalue weighted by atomic mass is 16.7. The van der Waals surface area contributed by atoms with Crippen molar-refractivity contribution >= 4 is 29.7 Å². The van der Waals surface area contributed by atoms with Crippen LogP contribution in [-0.4, -0.2) is 71.1 Å². The summed E-state index contributed by atoms with van der Waals surface area (Å²) in [5.74, 6) is -2.69. The molecule has 0 radical (unpaired) electrons. The van der Waals surface area contributed by atoms with E-state index in [0.29, 0.717) is 0 Å². The zero-order valence-electron chi connectivity index (χ0n) is 17.3. The Morgan fingerprint density at radius 2 is 1.55 bits per heavy atom. The van der Waals surface area contributed by atoms with Crippen molar-refractivity contribution in [2.75, 3.05) is 11.9 Å². The van der Waals surface area contributed by atoms with Gasteiger partial charge in [-0.15, -0.1) is 0 Å². The van der Waals surface area contributed by atoms with E-state index < -0.39 is 60.2 Å². The first-order chi connectivity index (χ1) is 14.6. The summed E-state index contributed by atoms with van der Waals surface area (Å²) in [6.45, 7) is 4.19. The molecule has 1 aromatic rings. The van der Waals surface area contributed by atoms with E-state index in [9.17, 15) is 24.0 Å². The lowest BCUT2D eigenvalue weighted by atomic mass is 9.97. The van der Waals surface area contributed by atoms with Crippen LogP contribution >= 0.6 is 0 Å². The number of hydrogen-bond acceptors (Lipinski definition) is 12. The number of ether oxygens (including phenoxy) is 5. The highest BCUT2D eigenvalue weighted by molar-refractivity contribution is 5.68. The van der Waals surface area contributed by atoms with Gasteiger partial charge in [-0.05, 0) is 6.07 Å². The van der Waals surface area contributed by atoms with Crippen LogP contribution < -0.4 is 11.0 Å². The fourth-order valence-electron chi connectivity index (χ4n) is 2.95. The summed E-state index contributed by atoms with van der Waals surface area (Å²) in [4.78, 5) is 63.9. The van der Waals surface area contributed by atoms with E-state index in [0.717, 1.165) is 20.8 Å². The highest BCUT2D eigenvalue weighted by Gasteiger charge is 2.52. The number of esters is 4. The summed E-state index contributed by atoms with van der Waals surface area (Å²) < 4.78 is 26.7.